The molecule has 0 radical (unpaired) electrons. The second-order valence-corrected chi connectivity index (χ2v) is 6.23. The third-order valence-corrected chi connectivity index (χ3v) is 4.50. The summed E-state index contributed by atoms with van der Waals surface area (Å²) in [7, 11) is 0. The average Bonchev–Trinajstić information content (AvgIpc) is 2.87. The monoisotopic (exact) mass is 324 g/mol. The molecular weight excluding hydrogens is 304 g/mol. The highest BCUT2D eigenvalue weighted by Crippen LogP contribution is 2.31. The highest BCUT2D eigenvalue weighted by Gasteiger charge is 2.32. The summed E-state index contributed by atoms with van der Waals surface area (Å²) in [5.74, 6) is 0.606. The number of halogens is 1. The van der Waals surface area contributed by atoms with Crippen molar-refractivity contribution in [3.8, 4) is 0 Å². The van der Waals surface area contributed by atoms with E-state index in [1.807, 2.05) is 31.2 Å². The number of hydrogen-bond donors (Lipinski definition) is 2. The average molecular weight is 325 g/mol. The number of carbonyl (C=O) groups excluding carboxylic acids is 1. The molecule has 3 atom stereocenters. The van der Waals surface area contributed by atoms with Crippen molar-refractivity contribution in [2.45, 2.75) is 32.2 Å². The summed E-state index contributed by atoms with van der Waals surface area (Å²) < 4.78 is 1.03. The number of hydrogen-bond acceptors (Lipinski definition) is 2. The molecule has 1 aliphatic rings. The van der Waals surface area contributed by atoms with Crippen molar-refractivity contribution >= 4 is 21.8 Å². The van der Waals surface area contributed by atoms with Gasteiger partial charge in [-0.05, 0) is 49.9 Å². The second kappa shape index (κ2) is 6.53. The number of carbonyl (C=O) groups is 1. The molecule has 0 saturated heterocycles. The Morgan fingerprint density at radius 3 is 3.00 bits per heavy atom. The van der Waals surface area contributed by atoms with Crippen LogP contribution in [0.25, 0.3) is 0 Å². The smallest absolute Gasteiger partial charge is 0.223 e. The first kappa shape index (κ1) is 14.5. The molecule has 1 aromatic carbocycles. The van der Waals surface area contributed by atoms with Gasteiger partial charge in [0, 0.05) is 10.4 Å². The molecule has 0 bridgehead atoms. The van der Waals surface area contributed by atoms with Gasteiger partial charge in [0.15, 0.2) is 0 Å². The van der Waals surface area contributed by atoms with Gasteiger partial charge >= 0.3 is 0 Å². The Kier molecular flexibility index (Phi) is 4.99. The topological polar surface area (TPSA) is 55.1 Å². The number of nitrogens with two attached hydrogens (primary N) is 1. The van der Waals surface area contributed by atoms with Crippen molar-refractivity contribution in [1.29, 1.82) is 0 Å². The fourth-order valence-electron chi connectivity index (χ4n) is 2.84. The first-order valence-corrected chi connectivity index (χ1v) is 7.67. The standard InChI is InChI=1S/C15H21BrN2O/c1-10(11-4-2-6-13(16)8-11)18-15(19)14-7-3-5-12(14)9-17/h2,4,6,8,10,12,14H,3,5,7,9,17H2,1H3,(H,18,19)/t10?,12-,14-/m1/s1. The molecule has 3 N–H and O–H groups in total. The van der Waals surface area contributed by atoms with Gasteiger partial charge in [-0.3, -0.25) is 4.79 Å². The van der Waals surface area contributed by atoms with Crippen LogP contribution in [-0.4, -0.2) is 12.5 Å². The van der Waals surface area contributed by atoms with Crippen LogP contribution in [0, 0.1) is 11.8 Å². The molecule has 1 amide bonds. The van der Waals surface area contributed by atoms with Gasteiger partial charge in [-0.2, -0.15) is 0 Å². The van der Waals surface area contributed by atoms with Crippen LogP contribution in [0.4, 0.5) is 0 Å². The van der Waals surface area contributed by atoms with E-state index in [2.05, 4.69) is 21.2 Å². The van der Waals surface area contributed by atoms with E-state index in [-0.39, 0.29) is 17.9 Å². The molecule has 19 heavy (non-hydrogen) atoms. The van der Waals surface area contributed by atoms with Gasteiger partial charge in [0.25, 0.3) is 0 Å². The fourth-order valence-corrected chi connectivity index (χ4v) is 3.26. The largest absolute Gasteiger partial charge is 0.349 e. The zero-order valence-electron chi connectivity index (χ0n) is 11.2. The molecule has 1 aliphatic carbocycles. The van der Waals surface area contributed by atoms with Crippen LogP contribution in [0.5, 0.6) is 0 Å². The lowest BCUT2D eigenvalue weighted by atomic mass is 9.95. The van der Waals surface area contributed by atoms with Crippen molar-refractivity contribution in [3.63, 3.8) is 0 Å². The molecule has 3 nitrogen and oxygen atoms in total. The van der Waals surface area contributed by atoms with Crippen molar-refractivity contribution in [3.05, 3.63) is 34.3 Å². The molecule has 0 spiro atoms. The van der Waals surface area contributed by atoms with Crippen molar-refractivity contribution < 1.29 is 4.79 Å². The Labute approximate surface area is 123 Å². The van der Waals surface area contributed by atoms with Crippen LogP contribution in [-0.2, 0) is 4.79 Å². The van der Waals surface area contributed by atoms with Gasteiger partial charge in [-0.1, -0.05) is 34.5 Å². The molecule has 0 aromatic heterocycles. The van der Waals surface area contributed by atoms with E-state index in [1.165, 1.54) is 0 Å². The minimum Gasteiger partial charge on any atom is -0.349 e. The zero-order chi connectivity index (χ0) is 13.8. The minimum atomic E-state index is 0.0315. The molecule has 0 aliphatic heterocycles. The van der Waals surface area contributed by atoms with Crippen molar-refractivity contribution in [2.75, 3.05) is 6.54 Å². The van der Waals surface area contributed by atoms with E-state index in [0.717, 1.165) is 29.3 Å². The first-order valence-electron chi connectivity index (χ1n) is 6.87. The van der Waals surface area contributed by atoms with Crippen LogP contribution >= 0.6 is 15.9 Å². The maximum absolute atomic E-state index is 12.3. The summed E-state index contributed by atoms with van der Waals surface area (Å²) in [5, 5.41) is 3.11. The van der Waals surface area contributed by atoms with Gasteiger partial charge in [-0.25, -0.2) is 0 Å². The predicted octanol–water partition coefficient (Wildman–Crippen LogP) is 3.00. The predicted molar refractivity (Wildman–Crippen MR) is 80.6 cm³/mol. The summed E-state index contributed by atoms with van der Waals surface area (Å²) in [6, 6.07) is 8.08. The summed E-state index contributed by atoms with van der Waals surface area (Å²) in [6.45, 7) is 2.63. The summed E-state index contributed by atoms with van der Waals surface area (Å²) in [6.07, 6.45) is 3.17. The Morgan fingerprint density at radius 2 is 2.32 bits per heavy atom. The van der Waals surface area contributed by atoms with E-state index >= 15 is 0 Å². The van der Waals surface area contributed by atoms with E-state index in [1.54, 1.807) is 0 Å². The van der Waals surface area contributed by atoms with Gasteiger partial charge in [-0.15, -0.1) is 0 Å². The molecule has 2 rings (SSSR count). The Hall–Kier alpha value is -0.870. The van der Waals surface area contributed by atoms with Crippen LogP contribution < -0.4 is 11.1 Å². The number of benzene rings is 1. The van der Waals surface area contributed by atoms with Crippen LogP contribution in [0.3, 0.4) is 0 Å². The summed E-state index contributed by atoms with van der Waals surface area (Å²) in [5.41, 5.74) is 6.85. The van der Waals surface area contributed by atoms with Gasteiger partial charge in [0.05, 0.1) is 6.04 Å². The Bertz CT molecular complexity index is 450. The SMILES string of the molecule is CC(NC(=O)[C@@H]1CCC[C@@H]1CN)c1cccc(Br)c1. The second-order valence-electron chi connectivity index (χ2n) is 5.32. The molecule has 1 aromatic rings. The molecule has 4 heteroatoms. The highest BCUT2D eigenvalue weighted by molar-refractivity contribution is 9.10. The molecular formula is C15H21BrN2O. The number of nitrogens with one attached hydrogen (secondary N) is 1. The maximum atomic E-state index is 12.3. The Morgan fingerprint density at radius 1 is 1.53 bits per heavy atom. The lowest BCUT2D eigenvalue weighted by Crippen LogP contribution is -2.36. The Balaban J connectivity index is 1.98. The molecule has 104 valence electrons. The van der Waals surface area contributed by atoms with E-state index in [0.29, 0.717) is 12.5 Å². The fraction of sp³-hybridized carbons (Fsp3) is 0.533. The van der Waals surface area contributed by atoms with Crippen LogP contribution in [0.15, 0.2) is 28.7 Å². The van der Waals surface area contributed by atoms with Gasteiger partial charge in [0.2, 0.25) is 5.91 Å². The first-order chi connectivity index (χ1) is 9.11. The van der Waals surface area contributed by atoms with E-state index in [9.17, 15) is 4.79 Å². The summed E-state index contributed by atoms with van der Waals surface area (Å²) in [4.78, 5) is 12.3. The highest BCUT2D eigenvalue weighted by atomic mass is 79.9. The van der Waals surface area contributed by atoms with Crippen LogP contribution in [0.1, 0.15) is 37.8 Å². The van der Waals surface area contributed by atoms with Crippen molar-refractivity contribution in [1.82, 2.24) is 5.32 Å². The third-order valence-electron chi connectivity index (χ3n) is 4.01. The molecule has 1 saturated carbocycles. The molecule has 1 unspecified atom stereocenters. The minimum absolute atomic E-state index is 0.0315. The molecule has 0 heterocycles. The number of rotatable bonds is 4. The maximum Gasteiger partial charge on any atom is 0.223 e. The zero-order valence-corrected chi connectivity index (χ0v) is 12.8. The van der Waals surface area contributed by atoms with Gasteiger partial charge < -0.3 is 11.1 Å². The molecule has 1 fully saturated rings. The normalized spacial score (nSPS) is 24.2. The quantitative estimate of drug-likeness (QED) is 0.894. The van der Waals surface area contributed by atoms with Gasteiger partial charge in [0.1, 0.15) is 0 Å². The van der Waals surface area contributed by atoms with Crippen molar-refractivity contribution in [2.24, 2.45) is 17.6 Å². The van der Waals surface area contributed by atoms with E-state index in [4.69, 9.17) is 5.73 Å². The van der Waals surface area contributed by atoms with Crippen LogP contribution in [0.2, 0.25) is 0 Å². The third kappa shape index (κ3) is 3.57. The number of amides is 1. The lowest BCUT2D eigenvalue weighted by Gasteiger charge is -2.21. The van der Waals surface area contributed by atoms with E-state index < -0.39 is 0 Å². The lowest BCUT2D eigenvalue weighted by molar-refractivity contribution is -0.126. The summed E-state index contributed by atoms with van der Waals surface area (Å²) >= 11 is 3.45.